The summed E-state index contributed by atoms with van der Waals surface area (Å²) in [6, 6.07) is 7.29. The summed E-state index contributed by atoms with van der Waals surface area (Å²) in [6.07, 6.45) is 16.1. The zero-order valence-corrected chi connectivity index (χ0v) is 23.4. The molecule has 3 aliphatic rings. The van der Waals surface area contributed by atoms with Crippen LogP contribution >= 0.6 is 0 Å². The molecule has 206 valence electrons. The van der Waals surface area contributed by atoms with Crippen LogP contribution in [0.1, 0.15) is 113 Å². The summed E-state index contributed by atoms with van der Waals surface area (Å²) in [7, 11) is 0. The molecule has 0 bridgehead atoms. The number of carbonyl (C=O) groups is 2. The fraction of sp³-hybridized carbons (Fsp3) is 0.742. The smallest absolute Gasteiger partial charge is 0.251 e. The van der Waals surface area contributed by atoms with E-state index in [1.807, 2.05) is 36.9 Å². The monoisotopic (exact) mass is 510 g/mol. The van der Waals surface area contributed by atoms with Crippen molar-refractivity contribution >= 4 is 17.5 Å². The Morgan fingerprint density at radius 2 is 1.68 bits per heavy atom. The van der Waals surface area contributed by atoms with Crippen molar-refractivity contribution in [3.63, 3.8) is 0 Å². The van der Waals surface area contributed by atoms with E-state index in [2.05, 4.69) is 15.5 Å². The van der Waals surface area contributed by atoms with Gasteiger partial charge in [0.2, 0.25) is 5.91 Å². The maximum Gasteiger partial charge on any atom is 0.251 e. The molecule has 2 heterocycles. The first-order valence-electron chi connectivity index (χ1n) is 15.2. The van der Waals surface area contributed by atoms with Crippen molar-refractivity contribution in [2.45, 2.75) is 116 Å². The van der Waals surface area contributed by atoms with Crippen LogP contribution in [0.5, 0.6) is 0 Å². The second kappa shape index (κ2) is 14.3. The normalized spacial score (nSPS) is 22.8. The Labute approximate surface area is 224 Å². The summed E-state index contributed by atoms with van der Waals surface area (Å²) in [5.41, 5.74) is 2.69. The third-order valence-corrected chi connectivity index (χ3v) is 8.67. The van der Waals surface area contributed by atoms with Gasteiger partial charge in [-0.15, -0.1) is 0 Å². The number of likely N-dealkylation sites (tertiary alicyclic amines) is 1. The lowest BCUT2D eigenvalue weighted by molar-refractivity contribution is -0.121. The zero-order valence-electron chi connectivity index (χ0n) is 23.4. The minimum absolute atomic E-state index is 0.00104. The number of hydrogen-bond acceptors (Lipinski definition) is 4. The number of amides is 2. The van der Waals surface area contributed by atoms with E-state index < -0.39 is 0 Å². The van der Waals surface area contributed by atoms with Gasteiger partial charge in [-0.3, -0.25) is 14.5 Å². The maximum absolute atomic E-state index is 13.2. The Morgan fingerprint density at radius 1 is 0.946 bits per heavy atom. The number of piperidine rings is 1. The molecule has 2 N–H and O–H groups in total. The molecule has 0 spiro atoms. The molecule has 1 aromatic carbocycles. The number of benzene rings is 1. The number of rotatable bonds is 6. The van der Waals surface area contributed by atoms with E-state index in [4.69, 9.17) is 0 Å². The van der Waals surface area contributed by atoms with E-state index >= 15 is 0 Å². The second-order valence-electron chi connectivity index (χ2n) is 11.8. The highest BCUT2D eigenvalue weighted by Gasteiger charge is 2.30. The lowest BCUT2D eigenvalue weighted by atomic mass is 9.96. The number of fused-ring (bicyclic) bond motifs is 1. The molecule has 2 amide bonds. The molecule has 1 aromatic rings. The molecule has 1 saturated carbocycles. The predicted octanol–water partition coefficient (Wildman–Crippen LogP) is 5.65. The van der Waals surface area contributed by atoms with Crippen molar-refractivity contribution < 1.29 is 9.59 Å². The van der Waals surface area contributed by atoms with Crippen molar-refractivity contribution in [2.24, 2.45) is 5.92 Å². The van der Waals surface area contributed by atoms with Gasteiger partial charge in [0.25, 0.3) is 5.91 Å². The van der Waals surface area contributed by atoms with Gasteiger partial charge in [-0.05, 0) is 81.8 Å². The minimum Gasteiger partial charge on any atom is -0.352 e. The van der Waals surface area contributed by atoms with E-state index in [1.54, 1.807) is 0 Å². The second-order valence-corrected chi connectivity index (χ2v) is 11.8. The van der Waals surface area contributed by atoms with Crippen LogP contribution in [0.3, 0.4) is 0 Å². The highest BCUT2D eigenvalue weighted by Crippen LogP contribution is 2.30. The highest BCUT2D eigenvalue weighted by molar-refractivity contribution is 5.98. The minimum atomic E-state index is -0.0553. The third kappa shape index (κ3) is 7.79. The van der Waals surface area contributed by atoms with Gasteiger partial charge >= 0.3 is 0 Å². The number of nitrogens with zero attached hydrogens (tertiary/aromatic N) is 2. The molecule has 6 heteroatoms. The SMILES string of the molecule is CC(C)C(=O)N1CCCCCCCNCc2cc(C(=O)NCCC3CCCCN3C3CCCC3)ccc21. The lowest BCUT2D eigenvalue weighted by Gasteiger charge is -2.40. The fourth-order valence-electron chi connectivity index (χ4n) is 6.57. The van der Waals surface area contributed by atoms with E-state index in [1.165, 1.54) is 70.8 Å². The number of anilines is 1. The molecule has 2 fully saturated rings. The summed E-state index contributed by atoms with van der Waals surface area (Å²) >= 11 is 0. The molecular formula is C31H50N4O2. The van der Waals surface area contributed by atoms with Crippen LogP contribution in [-0.4, -0.2) is 55.0 Å². The molecule has 1 saturated heterocycles. The maximum atomic E-state index is 13.2. The highest BCUT2D eigenvalue weighted by atomic mass is 16.2. The molecular weight excluding hydrogens is 460 g/mol. The van der Waals surface area contributed by atoms with E-state index in [0.29, 0.717) is 18.2 Å². The van der Waals surface area contributed by atoms with Crippen molar-refractivity contribution in [3.05, 3.63) is 29.3 Å². The standard InChI is InChI=1S/C31H50N4O2/c1-24(2)31(37)35-21-10-5-3-4-9-18-32-23-26-22-25(15-16-29(26)35)30(36)33-19-17-28-14-8-11-20-34(28)27-12-6-7-13-27/h15-16,22,24,27-28,32H,3-14,17-21,23H2,1-2H3,(H,33,36). The van der Waals surface area contributed by atoms with Crippen LogP contribution in [0.4, 0.5) is 5.69 Å². The first-order chi connectivity index (χ1) is 18.0. The van der Waals surface area contributed by atoms with Gasteiger partial charge in [0.1, 0.15) is 0 Å². The van der Waals surface area contributed by atoms with E-state index in [-0.39, 0.29) is 17.7 Å². The van der Waals surface area contributed by atoms with Crippen LogP contribution in [0.25, 0.3) is 0 Å². The summed E-state index contributed by atoms with van der Waals surface area (Å²) in [5, 5.41) is 6.78. The fourth-order valence-corrected chi connectivity index (χ4v) is 6.57. The van der Waals surface area contributed by atoms with Crippen molar-refractivity contribution in [1.82, 2.24) is 15.5 Å². The van der Waals surface area contributed by atoms with Crippen LogP contribution in [0.15, 0.2) is 18.2 Å². The molecule has 2 aliphatic heterocycles. The van der Waals surface area contributed by atoms with E-state index in [0.717, 1.165) is 56.2 Å². The van der Waals surface area contributed by atoms with Gasteiger partial charge in [-0.25, -0.2) is 0 Å². The lowest BCUT2D eigenvalue weighted by Crippen LogP contribution is -2.46. The predicted molar refractivity (Wildman–Crippen MR) is 152 cm³/mol. The molecule has 1 aliphatic carbocycles. The molecule has 0 aromatic heterocycles. The first-order valence-corrected chi connectivity index (χ1v) is 15.2. The van der Waals surface area contributed by atoms with Crippen LogP contribution < -0.4 is 15.5 Å². The number of carbonyl (C=O) groups excluding carboxylic acids is 2. The first kappa shape index (κ1) is 28.1. The van der Waals surface area contributed by atoms with Gasteiger partial charge in [-0.2, -0.15) is 0 Å². The van der Waals surface area contributed by atoms with Crippen molar-refractivity contribution in [3.8, 4) is 0 Å². The van der Waals surface area contributed by atoms with E-state index in [9.17, 15) is 9.59 Å². The van der Waals surface area contributed by atoms with Crippen LogP contribution in [0.2, 0.25) is 0 Å². The topological polar surface area (TPSA) is 64.7 Å². The van der Waals surface area contributed by atoms with Crippen LogP contribution in [-0.2, 0) is 11.3 Å². The molecule has 37 heavy (non-hydrogen) atoms. The van der Waals surface area contributed by atoms with Crippen molar-refractivity contribution in [2.75, 3.05) is 31.1 Å². The third-order valence-electron chi connectivity index (χ3n) is 8.67. The van der Waals surface area contributed by atoms with Gasteiger partial charge in [0, 0.05) is 48.9 Å². The van der Waals surface area contributed by atoms with Gasteiger partial charge in [0.15, 0.2) is 0 Å². The number of nitrogens with one attached hydrogen (secondary N) is 2. The summed E-state index contributed by atoms with van der Waals surface area (Å²) in [6.45, 7) is 8.28. The molecule has 1 atom stereocenters. The quantitative estimate of drug-likeness (QED) is 0.519. The Morgan fingerprint density at radius 3 is 2.49 bits per heavy atom. The average molecular weight is 511 g/mol. The molecule has 6 nitrogen and oxygen atoms in total. The Balaban J connectivity index is 1.42. The Bertz CT molecular complexity index is 880. The van der Waals surface area contributed by atoms with Crippen LogP contribution in [0, 0.1) is 5.92 Å². The number of hydrogen-bond donors (Lipinski definition) is 2. The van der Waals surface area contributed by atoms with Crippen molar-refractivity contribution in [1.29, 1.82) is 0 Å². The summed E-state index contributed by atoms with van der Waals surface area (Å²) < 4.78 is 0. The van der Waals surface area contributed by atoms with Gasteiger partial charge in [-0.1, -0.05) is 52.4 Å². The Kier molecular flexibility index (Phi) is 10.9. The molecule has 4 rings (SSSR count). The van der Waals surface area contributed by atoms with Gasteiger partial charge < -0.3 is 15.5 Å². The average Bonchev–Trinajstić information content (AvgIpc) is 3.44. The molecule has 0 radical (unpaired) electrons. The largest absolute Gasteiger partial charge is 0.352 e. The Hall–Kier alpha value is -1.92. The molecule has 1 unspecified atom stereocenters. The summed E-state index contributed by atoms with van der Waals surface area (Å²) in [4.78, 5) is 31.0. The van der Waals surface area contributed by atoms with Gasteiger partial charge in [0.05, 0.1) is 0 Å². The zero-order chi connectivity index (χ0) is 26.0. The summed E-state index contributed by atoms with van der Waals surface area (Å²) in [5.74, 6) is 0.106.